The van der Waals surface area contributed by atoms with Crippen LogP contribution >= 0.6 is 0 Å². The summed E-state index contributed by atoms with van der Waals surface area (Å²) in [7, 11) is -1.12. The molecule has 0 aromatic rings. The molecule has 1 aliphatic heterocycles. The van der Waals surface area contributed by atoms with Gasteiger partial charge < -0.3 is 35.8 Å². The first-order valence-electron chi connectivity index (χ1n) is 6.04. The Kier molecular flexibility index (Phi) is 7.88. The molecule has 1 fully saturated rings. The Morgan fingerprint density at radius 2 is 1.57 bits per heavy atom. The van der Waals surface area contributed by atoms with Crippen LogP contribution in [0.3, 0.4) is 0 Å². The third-order valence-electron chi connectivity index (χ3n) is 2.81. The minimum Gasteiger partial charge on any atom is -0.481 e. The van der Waals surface area contributed by atoms with Gasteiger partial charge in [0.1, 0.15) is 0 Å². The summed E-state index contributed by atoms with van der Waals surface area (Å²) in [6.45, 7) is 1.67. The SMILES string of the molecule is O=C(O)CC(O)(CC(=O)O)C(=O)O.OB(O)C1CCNC1. The van der Waals surface area contributed by atoms with E-state index in [-0.39, 0.29) is 5.82 Å². The topological polar surface area (TPSA) is 185 Å². The molecule has 21 heavy (non-hydrogen) atoms. The summed E-state index contributed by atoms with van der Waals surface area (Å²) >= 11 is 0. The minimum absolute atomic E-state index is 0.0648. The lowest BCUT2D eigenvalue weighted by Gasteiger charge is -2.18. The van der Waals surface area contributed by atoms with Gasteiger partial charge in [-0.3, -0.25) is 9.59 Å². The second-order valence-corrected chi connectivity index (χ2v) is 4.64. The van der Waals surface area contributed by atoms with E-state index in [1.54, 1.807) is 0 Å². The van der Waals surface area contributed by atoms with Crippen LogP contribution in [0.2, 0.25) is 5.82 Å². The molecule has 0 amide bonds. The Hall–Kier alpha value is -1.69. The molecule has 1 atom stereocenters. The molecular formula is C10H18BNO9. The number of aliphatic carboxylic acids is 3. The summed E-state index contributed by atoms with van der Waals surface area (Å²) in [6.07, 6.45) is -1.40. The third kappa shape index (κ3) is 7.61. The molecule has 11 heteroatoms. The lowest BCUT2D eigenvalue weighted by atomic mass is 9.72. The van der Waals surface area contributed by atoms with E-state index in [0.717, 1.165) is 19.5 Å². The number of rotatable bonds is 6. The second-order valence-electron chi connectivity index (χ2n) is 4.64. The van der Waals surface area contributed by atoms with E-state index in [1.165, 1.54) is 0 Å². The number of carboxylic acids is 3. The predicted molar refractivity (Wildman–Crippen MR) is 68.5 cm³/mol. The maximum Gasteiger partial charge on any atom is 0.456 e. The Morgan fingerprint density at radius 3 is 1.76 bits per heavy atom. The number of hydrogen-bond donors (Lipinski definition) is 7. The summed E-state index contributed by atoms with van der Waals surface area (Å²) in [5, 5.41) is 54.0. The molecule has 1 saturated heterocycles. The molecule has 0 spiro atoms. The van der Waals surface area contributed by atoms with Crippen LogP contribution in [0.25, 0.3) is 0 Å². The van der Waals surface area contributed by atoms with E-state index in [2.05, 4.69) is 5.32 Å². The first-order chi connectivity index (χ1) is 9.58. The fourth-order valence-corrected chi connectivity index (χ4v) is 1.65. The van der Waals surface area contributed by atoms with E-state index in [0.29, 0.717) is 0 Å². The second kappa shape index (κ2) is 8.57. The van der Waals surface area contributed by atoms with Crippen LogP contribution in [0.15, 0.2) is 0 Å². The molecule has 120 valence electrons. The summed E-state index contributed by atoms with van der Waals surface area (Å²) in [5.41, 5.74) is -2.74. The largest absolute Gasteiger partial charge is 0.481 e. The third-order valence-corrected chi connectivity index (χ3v) is 2.81. The Morgan fingerprint density at radius 1 is 1.10 bits per heavy atom. The van der Waals surface area contributed by atoms with Crippen LogP contribution in [0.1, 0.15) is 19.3 Å². The van der Waals surface area contributed by atoms with E-state index in [4.69, 9.17) is 30.5 Å². The Balaban J connectivity index is 0.000000423. The normalized spacial score (nSPS) is 17.6. The van der Waals surface area contributed by atoms with Crippen molar-refractivity contribution in [3.63, 3.8) is 0 Å². The van der Waals surface area contributed by atoms with Gasteiger partial charge in [-0.2, -0.15) is 0 Å². The zero-order valence-electron chi connectivity index (χ0n) is 11.1. The summed E-state index contributed by atoms with van der Waals surface area (Å²) in [5.74, 6) is -4.95. The smallest absolute Gasteiger partial charge is 0.456 e. The molecule has 7 N–H and O–H groups in total. The highest BCUT2D eigenvalue weighted by atomic mass is 16.4. The molecule has 0 aromatic heterocycles. The molecule has 0 aromatic carbocycles. The molecule has 0 radical (unpaired) electrons. The van der Waals surface area contributed by atoms with Crippen molar-refractivity contribution < 1.29 is 44.9 Å². The highest BCUT2D eigenvalue weighted by Crippen LogP contribution is 2.16. The summed E-state index contributed by atoms with van der Waals surface area (Å²) in [4.78, 5) is 30.5. The highest BCUT2D eigenvalue weighted by Gasteiger charge is 2.40. The Labute approximate surface area is 120 Å². The highest BCUT2D eigenvalue weighted by molar-refractivity contribution is 6.43. The van der Waals surface area contributed by atoms with Crippen molar-refractivity contribution >= 4 is 25.0 Å². The van der Waals surface area contributed by atoms with Crippen molar-refractivity contribution in [2.45, 2.75) is 30.7 Å². The van der Waals surface area contributed by atoms with E-state index in [1.807, 2.05) is 0 Å². The van der Waals surface area contributed by atoms with Gasteiger partial charge in [-0.25, -0.2) is 4.79 Å². The standard InChI is InChI=1S/C6H8O7.C4H10BNO2/c7-3(8)1-6(13,5(11)12)2-4(9)10;7-5(8)4-1-2-6-3-4/h13H,1-2H2,(H,7,8)(H,9,10)(H,11,12);4,6-8H,1-3H2. The van der Waals surface area contributed by atoms with E-state index < -0.39 is 43.5 Å². The number of carboxylic acid groups (broad SMARTS) is 3. The van der Waals surface area contributed by atoms with Gasteiger partial charge in [0.05, 0.1) is 12.8 Å². The molecule has 1 unspecified atom stereocenters. The summed E-state index contributed by atoms with van der Waals surface area (Å²) < 4.78 is 0. The van der Waals surface area contributed by atoms with Crippen LogP contribution < -0.4 is 5.32 Å². The molecule has 10 nitrogen and oxygen atoms in total. The molecule has 1 rings (SSSR count). The quantitative estimate of drug-likeness (QED) is 0.260. The zero-order chi connectivity index (χ0) is 16.6. The van der Waals surface area contributed by atoms with Crippen molar-refractivity contribution in [3.05, 3.63) is 0 Å². The zero-order valence-corrected chi connectivity index (χ0v) is 11.1. The first-order valence-corrected chi connectivity index (χ1v) is 6.04. The van der Waals surface area contributed by atoms with E-state index in [9.17, 15) is 14.4 Å². The van der Waals surface area contributed by atoms with Crippen LogP contribution in [0.5, 0.6) is 0 Å². The molecule has 0 saturated carbocycles. The van der Waals surface area contributed by atoms with E-state index >= 15 is 0 Å². The van der Waals surface area contributed by atoms with Crippen LogP contribution in [-0.4, -0.2) is 74.2 Å². The lowest BCUT2D eigenvalue weighted by Crippen LogP contribution is -2.42. The van der Waals surface area contributed by atoms with Gasteiger partial charge in [0.15, 0.2) is 5.60 Å². The van der Waals surface area contributed by atoms with Crippen molar-refractivity contribution in [1.29, 1.82) is 0 Å². The number of aliphatic hydroxyl groups is 1. The van der Waals surface area contributed by atoms with Gasteiger partial charge in [0, 0.05) is 5.82 Å². The van der Waals surface area contributed by atoms with Crippen LogP contribution in [0.4, 0.5) is 0 Å². The fourth-order valence-electron chi connectivity index (χ4n) is 1.65. The van der Waals surface area contributed by atoms with Gasteiger partial charge >= 0.3 is 25.0 Å². The van der Waals surface area contributed by atoms with Gasteiger partial charge in [-0.1, -0.05) is 0 Å². The molecular weight excluding hydrogens is 289 g/mol. The van der Waals surface area contributed by atoms with Crippen LogP contribution in [0, 0.1) is 0 Å². The van der Waals surface area contributed by atoms with Crippen molar-refractivity contribution in [2.24, 2.45) is 0 Å². The van der Waals surface area contributed by atoms with Crippen molar-refractivity contribution in [3.8, 4) is 0 Å². The van der Waals surface area contributed by atoms with Gasteiger partial charge in [-0.15, -0.1) is 0 Å². The number of nitrogens with one attached hydrogen (secondary N) is 1. The lowest BCUT2D eigenvalue weighted by molar-refractivity contribution is -0.170. The van der Waals surface area contributed by atoms with Crippen molar-refractivity contribution in [1.82, 2.24) is 5.32 Å². The van der Waals surface area contributed by atoms with Gasteiger partial charge in [-0.05, 0) is 19.5 Å². The fraction of sp³-hybridized carbons (Fsp3) is 0.700. The number of hydrogen-bond acceptors (Lipinski definition) is 7. The first kappa shape index (κ1) is 19.3. The number of carbonyl (C=O) groups is 3. The monoisotopic (exact) mass is 307 g/mol. The molecule has 1 heterocycles. The molecule has 0 aliphatic carbocycles. The molecule has 1 aliphatic rings. The molecule has 0 bridgehead atoms. The van der Waals surface area contributed by atoms with Gasteiger partial charge in [0.25, 0.3) is 0 Å². The predicted octanol–water partition coefficient (Wildman–Crippen LogP) is -2.43. The van der Waals surface area contributed by atoms with Crippen molar-refractivity contribution in [2.75, 3.05) is 13.1 Å². The maximum absolute atomic E-state index is 10.3. The summed E-state index contributed by atoms with van der Waals surface area (Å²) in [6, 6.07) is 0. The average Bonchev–Trinajstić information content (AvgIpc) is 2.80. The average molecular weight is 307 g/mol. The maximum atomic E-state index is 10.3. The Bertz CT molecular complexity index is 365. The van der Waals surface area contributed by atoms with Crippen LogP contribution in [-0.2, 0) is 14.4 Å². The van der Waals surface area contributed by atoms with Gasteiger partial charge in [0.2, 0.25) is 0 Å². The minimum atomic E-state index is -2.74.